The summed E-state index contributed by atoms with van der Waals surface area (Å²) in [6.45, 7) is 5.32. The Labute approximate surface area is 119 Å². The highest BCUT2D eigenvalue weighted by Crippen LogP contribution is 2.16. The second-order valence-corrected chi connectivity index (χ2v) is 5.98. The number of hydrogen-bond donors (Lipinski definition) is 1. The Morgan fingerprint density at radius 1 is 1.22 bits per heavy atom. The lowest BCUT2D eigenvalue weighted by molar-refractivity contribution is 0.291. The van der Waals surface area contributed by atoms with Crippen LogP contribution in [0.5, 0.6) is 5.75 Å². The smallest absolute Gasteiger partial charge is 0.119 e. The summed E-state index contributed by atoms with van der Waals surface area (Å²) in [6, 6.07) is 8.61. The van der Waals surface area contributed by atoms with E-state index in [1.165, 1.54) is 12.8 Å². The maximum absolute atomic E-state index is 5.71. The first-order chi connectivity index (χ1) is 8.61. The number of ether oxygens (including phenoxy) is 1. The predicted molar refractivity (Wildman–Crippen MR) is 81.2 cm³/mol. The minimum absolute atomic E-state index is 0.610. The molecule has 0 aliphatic carbocycles. The molecule has 1 rings (SSSR count). The van der Waals surface area contributed by atoms with E-state index in [0.29, 0.717) is 6.04 Å². The molecule has 0 aromatic heterocycles. The maximum atomic E-state index is 5.71. The second kappa shape index (κ2) is 8.54. The molecule has 0 radical (unpaired) electrons. The Hall–Kier alpha value is -0.540. The summed E-state index contributed by atoms with van der Waals surface area (Å²) in [4.78, 5) is 0. The summed E-state index contributed by atoms with van der Waals surface area (Å²) in [7, 11) is 2.04. The van der Waals surface area contributed by atoms with E-state index in [2.05, 4.69) is 35.1 Å². The first-order valence-electron chi connectivity index (χ1n) is 6.67. The highest BCUT2D eigenvalue weighted by molar-refractivity contribution is 9.10. The monoisotopic (exact) mass is 313 g/mol. The lowest BCUT2D eigenvalue weighted by Crippen LogP contribution is -2.27. The van der Waals surface area contributed by atoms with Gasteiger partial charge in [0.25, 0.3) is 0 Å². The Kier molecular flexibility index (Phi) is 7.36. The van der Waals surface area contributed by atoms with Crippen LogP contribution in [0.15, 0.2) is 28.7 Å². The lowest BCUT2D eigenvalue weighted by Gasteiger charge is -2.18. The van der Waals surface area contributed by atoms with Crippen molar-refractivity contribution < 1.29 is 4.74 Å². The first kappa shape index (κ1) is 15.5. The Morgan fingerprint density at radius 2 is 1.89 bits per heavy atom. The van der Waals surface area contributed by atoms with Gasteiger partial charge < -0.3 is 10.1 Å². The summed E-state index contributed by atoms with van der Waals surface area (Å²) in [5.41, 5.74) is 0. The summed E-state index contributed by atoms with van der Waals surface area (Å²) in [5.74, 6) is 1.69. The first-order valence-corrected chi connectivity index (χ1v) is 7.46. The van der Waals surface area contributed by atoms with Crippen LogP contribution in [0.4, 0.5) is 0 Å². The normalized spacial score (nSPS) is 12.7. The van der Waals surface area contributed by atoms with Crippen molar-refractivity contribution >= 4 is 15.9 Å². The van der Waals surface area contributed by atoms with Crippen molar-refractivity contribution in [3.8, 4) is 5.75 Å². The molecular formula is C15H24BrNO. The Morgan fingerprint density at radius 3 is 2.44 bits per heavy atom. The fourth-order valence-electron chi connectivity index (χ4n) is 2.00. The Balaban J connectivity index is 2.19. The molecule has 2 nitrogen and oxygen atoms in total. The van der Waals surface area contributed by atoms with Gasteiger partial charge in [-0.15, -0.1) is 0 Å². The van der Waals surface area contributed by atoms with E-state index in [9.17, 15) is 0 Å². The molecule has 1 atom stereocenters. The average molecular weight is 314 g/mol. The number of rotatable bonds is 8. The molecule has 0 saturated heterocycles. The molecule has 102 valence electrons. The minimum Gasteiger partial charge on any atom is -0.494 e. The largest absolute Gasteiger partial charge is 0.494 e. The van der Waals surface area contributed by atoms with Crippen LogP contribution >= 0.6 is 15.9 Å². The van der Waals surface area contributed by atoms with Crippen LogP contribution in [0.25, 0.3) is 0 Å². The van der Waals surface area contributed by atoms with Crippen LogP contribution in [0.2, 0.25) is 0 Å². The van der Waals surface area contributed by atoms with Crippen LogP contribution < -0.4 is 10.1 Å². The molecule has 3 heteroatoms. The number of nitrogens with one attached hydrogen (secondary N) is 1. The van der Waals surface area contributed by atoms with E-state index in [1.807, 2.05) is 31.3 Å². The van der Waals surface area contributed by atoms with Crippen molar-refractivity contribution in [2.24, 2.45) is 5.92 Å². The van der Waals surface area contributed by atoms with Gasteiger partial charge >= 0.3 is 0 Å². The van der Waals surface area contributed by atoms with Gasteiger partial charge in [0.15, 0.2) is 0 Å². The average Bonchev–Trinajstić information content (AvgIpc) is 2.34. The third kappa shape index (κ3) is 6.41. The van der Waals surface area contributed by atoms with Crippen LogP contribution in [-0.4, -0.2) is 19.7 Å². The molecule has 1 unspecified atom stereocenters. The van der Waals surface area contributed by atoms with Crippen molar-refractivity contribution in [2.75, 3.05) is 13.7 Å². The molecular weight excluding hydrogens is 290 g/mol. The predicted octanol–water partition coefficient (Wildman–Crippen LogP) is 4.24. The molecule has 18 heavy (non-hydrogen) atoms. The van der Waals surface area contributed by atoms with Gasteiger partial charge in [-0.05, 0) is 56.5 Å². The van der Waals surface area contributed by atoms with E-state index in [1.54, 1.807) is 0 Å². The van der Waals surface area contributed by atoms with Gasteiger partial charge in [-0.2, -0.15) is 0 Å². The molecule has 0 saturated carbocycles. The standard InChI is InChI=1S/C15H24BrNO/c1-12(2)11-14(17-3)5-4-10-18-15-8-6-13(16)7-9-15/h6-9,12,14,17H,4-5,10-11H2,1-3H3. The zero-order valence-electron chi connectivity index (χ0n) is 11.6. The number of halogens is 1. The number of benzene rings is 1. The molecule has 1 aromatic rings. The third-order valence-electron chi connectivity index (χ3n) is 2.94. The lowest BCUT2D eigenvalue weighted by atomic mass is 10.0. The molecule has 0 heterocycles. The van der Waals surface area contributed by atoms with Gasteiger partial charge in [-0.1, -0.05) is 29.8 Å². The van der Waals surface area contributed by atoms with Gasteiger partial charge in [0.05, 0.1) is 6.61 Å². The van der Waals surface area contributed by atoms with Crippen molar-refractivity contribution in [3.63, 3.8) is 0 Å². The van der Waals surface area contributed by atoms with E-state index in [-0.39, 0.29) is 0 Å². The topological polar surface area (TPSA) is 21.3 Å². The van der Waals surface area contributed by atoms with E-state index >= 15 is 0 Å². The number of hydrogen-bond acceptors (Lipinski definition) is 2. The van der Waals surface area contributed by atoms with E-state index in [0.717, 1.165) is 29.2 Å². The van der Waals surface area contributed by atoms with E-state index in [4.69, 9.17) is 4.74 Å². The summed E-state index contributed by atoms with van der Waals surface area (Å²) < 4.78 is 6.80. The summed E-state index contributed by atoms with van der Waals surface area (Å²) >= 11 is 3.41. The van der Waals surface area contributed by atoms with Crippen molar-refractivity contribution in [2.45, 2.75) is 39.2 Å². The van der Waals surface area contributed by atoms with Gasteiger partial charge in [0.1, 0.15) is 5.75 Å². The second-order valence-electron chi connectivity index (χ2n) is 5.06. The SMILES string of the molecule is CNC(CCCOc1ccc(Br)cc1)CC(C)C. The molecule has 0 aliphatic heterocycles. The van der Waals surface area contributed by atoms with E-state index < -0.39 is 0 Å². The van der Waals surface area contributed by atoms with Crippen molar-refractivity contribution in [1.82, 2.24) is 5.32 Å². The quantitative estimate of drug-likeness (QED) is 0.725. The van der Waals surface area contributed by atoms with Crippen LogP contribution in [0.1, 0.15) is 33.1 Å². The highest BCUT2D eigenvalue weighted by atomic mass is 79.9. The summed E-state index contributed by atoms with van der Waals surface area (Å²) in [6.07, 6.45) is 3.49. The van der Waals surface area contributed by atoms with Crippen molar-refractivity contribution in [3.05, 3.63) is 28.7 Å². The fourth-order valence-corrected chi connectivity index (χ4v) is 2.26. The van der Waals surface area contributed by atoms with Gasteiger partial charge in [0.2, 0.25) is 0 Å². The molecule has 0 bridgehead atoms. The molecule has 0 spiro atoms. The molecule has 0 fully saturated rings. The van der Waals surface area contributed by atoms with Crippen LogP contribution in [0.3, 0.4) is 0 Å². The van der Waals surface area contributed by atoms with Gasteiger partial charge in [-0.25, -0.2) is 0 Å². The minimum atomic E-state index is 0.610. The van der Waals surface area contributed by atoms with Crippen LogP contribution in [-0.2, 0) is 0 Å². The fraction of sp³-hybridized carbons (Fsp3) is 0.600. The molecule has 1 N–H and O–H groups in total. The van der Waals surface area contributed by atoms with Crippen LogP contribution in [0, 0.1) is 5.92 Å². The zero-order valence-corrected chi connectivity index (χ0v) is 13.2. The highest BCUT2D eigenvalue weighted by Gasteiger charge is 2.07. The van der Waals surface area contributed by atoms with Crippen molar-refractivity contribution in [1.29, 1.82) is 0 Å². The Bertz CT molecular complexity index is 324. The molecule has 1 aromatic carbocycles. The molecule has 0 amide bonds. The zero-order chi connectivity index (χ0) is 13.4. The molecule has 0 aliphatic rings. The van der Waals surface area contributed by atoms with Gasteiger partial charge in [-0.3, -0.25) is 0 Å². The summed E-state index contributed by atoms with van der Waals surface area (Å²) in [5, 5.41) is 3.38. The maximum Gasteiger partial charge on any atom is 0.119 e. The third-order valence-corrected chi connectivity index (χ3v) is 3.47. The van der Waals surface area contributed by atoms with Gasteiger partial charge in [0, 0.05) is 10.5 Å².